The van der Waals surface area contributed by atoms with Crippen LogP contribution in [0.15, 0.2) is 53.3 Å². The van der Waals surface area contributed by atoms with Gasteiger partial charge in [0, 0.05) is 31.4 Å². The fourth-order valence-corrected chi connectivity index (χ4v) is 3.52. The van der Waals surface area contributed by atoms with E-state index in [1.165, 1.54) is 4.57 Å². The molecule has 3 rings (SSSR count). The van der Waals surface area contributed by atoms with Crippen molar-refractivity contribution in [1.29, 1.82) is 0 Å². The number of aromatic nitrogens is 2. The van der Waals surface area contributed by atoms with Crippen molar-refractivity contribution in [2.24, 2.45) is 7.05 Å². The van der Waals surface area contributed by atoms with Crippen molar-refractivity contribution in [1.82, 2.24) is 14.5 Å². The second kappa shape index (κ2) is 9.73. The molecule has 0 radical (unpaired) electrons. The van der Waals surface area contributed by atoms with Crippen LogP contribution in [0.25, 0.3) is 10.9 Å². The van der Waals surface area contributed by atoms with Gasteiger partial charge in [0.1, 0.15) is 5.82 Å². The average Bonchev–Trinajstić information content (AvgIpc) is 2.75. The summed E-state index contributed by atoms with van der Waals surface area (Å²) in [6.45, 7) is 2.66. The number of hydrogen-bond acceptors (Lipinski definition) is 4. The molecule has 7 nitrogen and oxygen atoms in total. The molecule has 1 aromatic heterocycles. The van der Waals surface area contributed by atoms with E-state index in [4.69, 9.17) is 21.3 Å². The molecule has 2 aromatic carbocycles. The van der Waals surface area contributed by atoms with E-state index >= 15 is 0 Å². The predicted octanol–water partition coefficient (Wildman–Crippen LogP) is 4.22. The van der Waals surface area contributed by atoms with Crippen molar-refractivity contribution < 1.29 is 9.53 Å². The Kier molecular flexibility index (Phi) is 7.07. The van der Waals surface area contributed by atoms with E-state index in [1.54, 1.807) is 55.5 Å². The third kappa shape index (κ3) is 4.63. The normalized spacial score (nSPS) is 12.0. The SMILES string of the molecule is CCC(c1nc2ccccc2c(=O)n1C)N(CCOC)C(=O)Nc1ccc(Cl)cc1. The van der Waals surface area contributed by atoms with Gasteiger partial charge in [0.15, 0.2) is 0 Å². The molecule has 0 aliphatic carbocycles. The number of anilines is 1. The van der Waals surface area contributed by atoms with Crippen LogP contribution in [-0.4, -0.2) is 40.7 Å². The number of halogens is 1. The molecule has 0 fully saturated rings. The van der Waals surface area contributed by atoms with Crippen LogP contribution in [0.3, 0.4) is 0 Å². The molecule has 0 aliphatic rings. The largest absolute Gasteiger partial charge is 0.383 e. The van der Waals surface area contributed by atoms with Crippen molar-refractivity contribution in [3.05, 3.63) is 69.7 Å². The van der Waals surface area contributed by atoms with E-state index in [0.717, 1.165) is 0 Å². The van der Waals surface area contributed by atoms with Gasteiger partial charge in [-0.05, 0) is 42.8 Å². The first-order valence-corrected chi connectivity index (χ1v) is 10.1. The maximum atomic E-state index is 13.1. The molecule has 30 heavy (non-hydrogen) atoms. The highest BCUT2D eigenvalue weighted by molar-refractivity contribution is 6.30. The summed E-state index contributed by atoms with van der Waals surface area (Å²) in [7, 11) is 3.27. The zero-order chi connectivity index (χ0) is 21.7. The summed E-state index contributed by atoms with van der Waals surface area (Å²) in [6.07, 6.45) is 0.580. The number of urea groups is 1. The van der Waals surface area contributed by atoms with Gasteiger partial charge in [-0.1, -0.05) is 30.7 Å². The van der Waals surface area contributed by atoms with Gasteiger partial charge in [0.2, 0.25) is 0 Å². The monoisotopic (exact) mass is 428 g/mol. The van der Waals surface area contributed by atoms with E-state index in [2.05, 4.69) is 5.32 Å². The first-order valence-electron chi connectivity index (χ1n) is 9.74. The number of methoxy groups -OCH3 is 1. The number of rotatable bonds is 7. The molecule has 3 aromatic rings. The van der Waals surface area contributed by atoms with Crippen LogP contribution in [0.5, 0.6) is 0 Å². The summed E-state index contributed by atoms with van der Waals surface area (Å²) in [4.78, 5) is 32.4. The van der Waals surface area contributed by atoms with Crippen LogP contribution in [0.4, 0.5) is 10.5 Å². The van der Waals surface area contributed by atoms with Crippen LogP contribution < -0.4 is 10.9 Å². The maximum Gasteiger partial charge on any atom is 0.322 e. The van der Waals surface area contributed by atoms with Gasteiger partial charge < -0.3 is 15.0 Å². The van der Waals surface area contributed by atoms with E-state index in [0.29, 0.717) is 47.0 Å². The van der Waals surface area contributed by atoms with E-state index in [9.17, 15) is 9.59 Å². The van der Waals surface area contributed by atoms with Gasteiger partial charge in [-0.15, -0.1) is 0 Å². The minimum atomic E-state index is -0.408. The molecular weight excluding hydrogens is 404 g/mol. The van der Waals surface area contributed by atoms with Crippen molar-refractivity contribution in [3.63, 3.8) is 0 Å². The molecule has 1 unspecified atom stereocenters. The molecule has 0 saturated carbocycles. The first kappa shape index (κ1) is 21.8. The van der Waals surface area contributed by atoms with Crippen LogP contribution in [-0.2, 0) is 11.8 Å². The third-order valence-corrected chi connectivity index (χ3v) is 5.22. The fourth-order valence-electron chi connectivity index (χ4n) is 3.39. The van der Waals surface area contributed by atoms with Crippen molar-refractivity contribution in [2.45, 2.75) is 19.4 Å². The van der Waals surface area contributed by atoms with Crippen LogP contribution in [0.1, 0.15) is 25.2 Å². The zero-order valence-corrected chi connectivity index (χ0v) is 18.0. The van der Waals surface area contributed by atoms with Gasteiger partial charge in [0.25, 0.3) is 5.56 Å². The lowest BCUT2D eigenvalue weighted by Crippen LogP contribution is -2.42. The summed E-state index contributed by atoms with van der Waals surface area (Å²) in [6, 6.07) is 13.4. The number of nitrogens with one attached hydrogen (secondary N) is 1. The minimum Gasteiger partial charge on any atom is -0.383 e. The van der Waals surface area contributed by atoms with Gasteiger partial charge in [-0.25, -0.2) is 9.78 Å². The summed E-state index contributed by atoms with van der Waals surface area (Å²) in [5.41, 5.74) is 1.10. The molecular formula is C22H25ClN4O3. The third-order valence-electron chi connectivity index (χ3n) is 4.97. The van der Waals surface area contributed by atoms with Gasteiger partial charge >= 0.3 is 6.03 Å². The van der Waals surface area contributed by atoms with E-state index in [-0.39, 0.29) is 11.6 Å². The number of carbonyl (C=O) groups excluding carboxylic acids is 1. The van der Waals surface area contributed by atoms with Gasteiger partial charge in [0.05, 0.1) is 23.6 Å². The molecule has 8 heteroatoms. The lowest BCUT2D eigenvalue weighted by atomic mass is 10.1. The minimum absolute atomic E-state index is 0.140. The molecule has 1 atom stereocenters. The van der Waals surface area contributed by atoms with Crippen molar-refractivity contribution >= 4 is 34.2 Å². The fraction of sp³-hybridized carbons (Fsp3) is 0.318. The average molecular weight is 429 g/mol. The number of carbonyl (C=O) groups is 1. The Morgan fingerprint density at radius 1 is 1.23 bits per heavy atom. The van der Waals surface area contributed by atoms with E-state index in [1.807, 2.05) is 19.1 Å². The molecule has 0 aliphatic heterocycles. The standard InChI is InChI=1S/C22H25ClN4O3/c1-4-19(20-25-18-8-6-5-7-17(18)21(28)26(20)2)27(13-14-30-3)22(29)24-16-11-9-15(23)10-12-16/h5-12,19H,4,13-14H2,1-3H3,(H,24,29). The van der Waals surface area contributed by atoms with E-state index < -0.39 is 6.04 Å². The Balaban J connectivity index is 1.99. The second-order valence-electron chi connectivity index (χ2n) is 6.90. The highest BCUT2D eigenvalue weighted by Crippen LogP contribution is 2.24. The topological polar surface area (TPSA) is 76.5 Å². The number of hydrogen-bond donors (Lipinski definition) is 1. The number of benzene rings is 2. The molecule has 0 bridgehead atoms. The lowest BCUT2D eigenvalue weighted by molar-refractivity contribution is 0.131. The summed E-state index contributed by atoms with van der Waals surface area (Å²) in [5, 5.41) is 4.03. The van der Waals surface area contributed by atoms with Gasteiger partial charge in [-0.3, -0.25) is 9.36 Å². The number of fused-ring (bicyclic) bond motifs is 1. The highest BCUT2D eigenvalue weighted by atomic mass is 35.5. The van der Waals surface area contributed by atoms with Gasteiger partial charge in [-0.2, -0.15) is 0 Å². The maximum absolute atomic E-state index is 13.1. The Bertz CT molecular complexity index is 1080. The number of amides is 2. The Labute approximate surface area is 180 Å². The van der Waals surface area contributed by atoms with Crippen molar-refractivity contribution in [3.8, 4) is 0 Å². The first-order chi connectivity index (χ1) is 14.5. The zero-order valence-electron chi connectivity index (χ0n) is 17.3. The quantitative estimate of drug-likeness (QED) is 0.611. The second-order valence-corrected chi connectivity index (χ2v) is 7.34. The number of nitrogens with zero attached hydrogens (tertiary/aromatic N) is 3. The van der Waals surface area contributed by atoms with Crippen LogP contribution in [0, 0.1) is 0 Å². The lowest BCUT2D eigenvalue weighted by Gasteiger charge is -2.31. The summed E-state index contributed by atoms with van der Waals surface area (Å²) >= 11 is 5.93. The Morgan fingerprint density at radius 3 is 2.60 bits per heavy atom. The smallest absolute Gasteiger partial charge is 0.322 e. The van der Waals surface area contributed by atoms with Crippen LogP contribution >= 0.6 is 11.6 Å². The summed E-state index contributed by atoms with van der Waals surface area (Å²) < 4.78 is 6.73. The number of para-hydroxylation sites is 1. The number of ether oxygens (including phenoxy) is 1. The van der Waals surface area contributed by atoms with Crippen LogP contribution in [0.2, 0.25) is 5.02 Å². The Hall–Kier alpha value is -2.90. The molecule has 1 heterocycles. The molecule has 1 N–H and O–H groups in total. The highest BCUT2D eigenvalue weighted by Gasteiger charge is 2.27. The molecule has 2 amide bonds. The molecule has 158 valence electrons. The predicted molar refractivity (Wildman–Crippen MR) is 119 cm³/mol. The summed E-state index contributed by atoms with van der Waals surface area (Å²) in [5.74, 6) is 0.531. The Morgan fingerprint density at radius 2 is 1.93 bits per heavy atom. The molecule has 0 spiro atoms. The van der Waals surface area contributed by atoms with Crippen molar-refractivity contribution in [2.75, 3.05) is 25.6 Å². The molecule has 0 saturated heterocycles.